The number of carbonyl (C=O) groups excluding carboxylic acids is 2. The van der Waals surface area contributed by atoms with E-state index in [-0.39, 0.29) is 18.4 Å². The minimum absolute atomic E-state index is 0.155. The molecule has 1 fully saturated rings. The maximum Gasteiger partial charge on any atom is 0.345 e. The number of sulfonamides is 1. The summed E-state index contributed by atoms with van der Waals surface area (Å²) in [4.78, 5) is 26.0. The van der Waals surface area contributed by atoms with Crippen molar-refractivity contribution in [1.29, 1.82) is 0 Å². The normalized spacial score (nSPS) is 15.0. The molecular formula is C24H32N4O5S. The van der Waals surface area contributed by atoms with Crippen LogP contribution in [0.2, 0.25) is 0 Å². The lowest BCUT2D eigenvalue weighted by Gasteiger charge is -2.33. The fourth-order valence-electron chi connectivity index (χ4n) is 3.94. The average Bonchev–Trinajstić information content (AvgIpc) is 2.75. The van der Waals surface area contributed by atoms with Gasteiger partial charge in [-0.15, -0.1) is 0 Å². The van der Waals surface area contributed by atoms with Crippen LogP contribution in [-0.2, 0) is 33.1 Å². The van der Waals surface area contributed by atoms with Crippen LogP contribution >= 0.6 is 0 Å². The Hall–Kier alpha value is -3.11. The monoisotopic (exact) mass is 488 g/mol. The first-order valence-corrected chi connectivity index (χ1v) is 12.9. The molecule has 10 heteroatoms. The van der Waals surface area contributed by atoms with E-state index in [1.165, 1.54) is 4.90 Å². The number of ether oxygens (including phenoxy) is 1. The lowest BCUT2D eigenvalue weighted by Crippen LogP contribution is -2.55. The van der Waals surface area contributed by atoms with Crippen LogP contribution < -0.4 is 20.2 Å². The van der Waals surface area contributed by atoms with E-state index in [2.05, 4.69) is 25.5 Å². The van der Waals surface area contributed by atoms with E-state index in [9.17, 15) is 18.0 Å². The molecule has 3 amide bonds. The zero-order valence-electron chi connectivity index (χ0n) is 20.2. The second kappa shape index (κ2) is 9.63. The highest BCUT2D eigenvalue weighted by atomic mass is 32.2. The number of rotatable bonds is 7. The van der Waals surface area contributed by atoms with Crippen LogP contribution in [0.4, 0.5) is 16.2 Å². The number of amides is 3. The predicted molar refractivity (Wildman–Crippen MR) is 132 cm³/mol. The SMILES string of the molecule is COc1c(CCc2ccc(NS(C)(=O)=O)cc2)cc(N2CCC(=O)N(N)C2=O)cc1C(C)(C)C. The van der Waals surface area contributed by atoms with Gasteiger partial charge in [0.15, 0.2) is 0 Å². The van der Waals surface area contributed by atoms with Crippen molar-refractivity contribution in [3.63, 3.8) is 0 Å². The number of anilines is 2. The van der Waals surface area contributed by atoms with Crippen LogP contribution in [0.5, 0.6) is 5.75 Å². The number of urea groups is 1. The number of hydrazine groups is 1. The lowest BCUT2D eigenvalue weighted by molar-refractivity contribution is -0.129. The summed E-state index contributed by atoms with van der Waals surface area (Å²) in [6.45, 7) is 6.48. The van der Waals surface area contributed by atoms with Crippen molar-refractivity contribution in [1.82, 2.24) is 5.01 Å². The standard InChI is InChI=1S/C24H32N4O5S/c1-24(2,3)20-15-19(27-13-12-21(29)28(25)23(27)30)14-17(22(20)33-4)9-6-16-7-10-18(11-8-16)26-34(5,31)32/h7-8,10-11,14-15,26H,6,9,12-13,25H2,1-5H3. The van der Waals surface area contributed by atoms with Gasteiger partial charge in [0, 0.05) is 29.9 Å². The molecule has 1 saturated heterocycles. The summed E-state index contributed by atoms with van der Waals surface area (Å²) in [5.74, 6) is 6.04. The Labute approximate surface area is 200 Å². The number of carbonyl (C=O) groups is 2. The smallest absolute Gasteiger partial charge is 0.345 e. The number of imide groups is 1. The van der Waals surface area contributed by atoms with Gasteiger partial charge in [0.25, 0.3) is 0 Å². The number of benzene rings is 2. The molecule has 1 aliphatic rings. The summed E-state index contributed by atoms with van der Waals surface area (Å²) in [6, 6.07) is 10.5. The topological polar surface area (TPSA) is 122 Å². The van der Waals surface area contributed by atoms with Crippen LogP contribution in [-0.4, -0.2) is 45.3 Å². The van der Waals surface area contributed by atoms with Crippen molar-refractivity contribution in [2.45, 2.75) is 45.4 Å². The van der Waals surface area contributed by atoms with Crippen LogP contribution in [0.3, 0.4) is 0 Å². The summed E-state index contributed by atoms with van der Waals surface area (Å²) in [5, 5.41) is 0.663. The van der Waals surface area contributed by atoms with Crippen LogP contribution in [0.25, 0.3) is 0 Å². The maximum atomic E-state index is 12.7. The highest BCUT2D eigenvalue weighted by Crippen LogP contribution is 2.39. The molecule has 0 saturated carbocycles. The third-order valence-electron chi connectivity index (χ3n) is 5.67. The Morgan fingerprint density at radius 3 is 2.29 bits per heavy atom. The molecule has 0 spiro atoms. The molecule has 0 aliphatic carbocycles. The summed E-state index contributed by atoms with van der Waals surface area (Å²) in [5.41, 5.74) is 3.81. The zero-order chi connectivity index (χ0) is 25.3. The van der Waals surface area contributed by atoms with Gasteiger partial charge in [0.2, 0.25) is 15.9 Å². The van der Waals surface area contributed by atoms with E-state index in [0.29, 0.717) is 29.2 Å². The molecule has 0 radical (unpaired) electrons. The number of methoxy groups -OCH3 is 1. The number of hydrogen-bond acceptors (Lipinski definition) is 6. The van der Waals surface area contributed by atoms with Crippen molar-refractivity contribution in [2.24, 2.45) is 5.84 Å². The first-order valence-electron chi connectivity index (χ1n) is 11.0. The van der Waals surface area contributed by atoms with Gasteiger partial charge in [-0.1, -0.05) is 32.9 Å². The number of aryl methyl sites for hydroxylation is 2. The molecule has 3 N–H and O–H groups in total. The van der Waals surface area contributed by atoms with Gasteiger partial charge in [-0.2, -0.15) is 5.01 Å². The van der Waals surface area contributed by atoms with E-state index in [1.807, 2.05) is 24.3 Å². The van der Waals surface area contributed by atoms with Gasteiger partial charge in [0.1, 0.15) is 5.75 Å². The van der Waals surface area contributed by atoms with Gasteiger partial charge in [0.05, 0.1) is 13.4 Å². The second-order valence-corrected chi connectivity index (χ2v) is 11.2. The molecule has 2 aromatic rings. The highest BCUT2D eigenvalue weighted by Gasteiger charge is 2.32. The Morgan fingerprint density at radius 2 is 1.74 bits per heavy atom. The highest BCUT2D eigenvalue weighted by molar-refractivity contribution is 7.92. The molecule has 0 unspecified atom stereocenters. The van der Waals surface area contributed by atoms with E-state index >= 15 is 0 Å². The van der Waals surface area contributed by atoms with E-state index < -0.39 is 22.0 Å². The molecule has 1 heterocycles. The molecule has 0 atom stereocenters. The van der Waals surface area contributed by atoms with E-state index in [0.717, 1.165) is 28.7 Å². The van der Waals surface area contributed by atoms with Gasteiger partial charge in [-0.05, 0) is 53.6 Å². The fourth-order valence-corrected chi connectivity index (χ4v) is 4.51. The Bertz CT molecular complexity index is 1190. The molecule has 2 aromatic carbocycles. The van der Waals surface area contributed by atoms with Crippen molar-refractivity contribution in [3.05, 3.63) is 53.1 Å². The third kappa shape index (κ3) is 5.87. The first kappa shape index (κ1) is 25.5. The first-order chi connectivity index (χ1) is 15.8. The van der Waals surface area contributed by atoms with Crippen molar-refractivity contribution in [3.8, 4) is 5.75 Å². The van der Waals surface area contributed by atoms with Crippen molar-refractivity contribution < 1.29 is 22.7 Å². The summed E-state index contributed by atoms with van der Waals surface area (Å²) in [6.07, 6.45) is 2.58. The minimum Gasteiger partial charge on any atom is -0.496 e. The van der Waals surface area contributed by atoms with Crippen molar-refractivity contribution >= 4 is 33.3 Å². The Balaban J connectivity index is 1.93. The second-order valence-electron chi connectivity index (χ2n) is 9.45. The van der Waals surface area contributed by atoms with E-state index in [4.69, 9.17) is 10.6 Å². The minimum atomic E-state index is -3.33. The number of nitrogens with two attached hydrogens (primary N) is 1. The maximum absolute atomic E-state index is 12.7. The van der Waals surface area contributed by atoms with Gasteiger partial charge in [-0.25, -0.2) is 19.1 Å². The average molecular weight is 489 g/mol. The zero-order valence-corrected chi connectivity index (χ0v) is 21.0. The summed E-state index contributed by atoms with van der Waals surface area (Å²) in [7, 11) is -1.70. The Kier molecular flexibility index (Phi) is 7.23. The molecular weight excluding hydrogens is 456 g/mol. The van der Waals surface area contributed by atoms with Gasteiger partial charge in [-0.3, -0.25) is 14.4 Å². The van der Waals surface area contributed by atoms with E-state index in [1.54, 1.807) is 19.2 Å². The summed E-state index contributed by atoms with van der Waals surface area (Å²) < 4.78 is 31.1. The fraction of sp³-hybridized carbons (Fsp3) is 0.417. The quantitative estimate of drug-likeness (QED) is 0.456. The molecule has 0 bridgehead atoms. The summed E-state index contributed by atoms with van der Waals surface area (Å²) >= 11 is 0. The number of hydrogen-bond donors (Lipinski definition) is 2. The lowest BCUT2D eigenvalue weighted by atomic mass is 9.83. The molecule has 0 aromatic heterocycles. The Morgan fingerprint density at radius 1 is 1.09 bits per heavy atom. The largest absolute Gasteiger partial charge is 0.496 e. The molecule has 184 valence electrons. The predicted octanol–water partition coefficient (Wildman–Crippen LogP) is 3.18. The third-order valence-corrected chi connectivity index (χ3v) is 6.28. The van der Waals surface area contributed by atoms with Crippen LogP contribution in [0, 0.1) is 0 Å². The molecule has 34 heavy (non-hydrogen) atoms. The van der Waals surface area contributed by atoms with Crippen LogP contribution in [0.15, 0.2) is 36.4 Å². The molecule has 9 nitrogen and oxygen atoms in total. The van der Waals surface area contributed by atoms with Gasteiger partial charge >= 0.3 is 6.03 Å². The number of nitrogens with zero attached hydrogens (tertiary/aromatic N) is 2. The van der Waals surface area contributed by atoms with Crippen LogP contribution in [0.1, 0.15) is 43.9 Å². The van der Waals surface area contributed by atoms with Gasteiger partial charge < -0.3 is 4.74 Å². The van der Waals surface area contributed by atoms with Crippen molar-refractivity contribution in [2.75, 3.05) is 29.5 Å². The molecule has 1 aliphatic heterocycles. The molecule has 3 rings (SSSR count). The number of nitrogens with one attached hydrogen (secondary N) is 1.